The summed E-state index contributed by atoms with van der Waals surface area (Å²) in [6.07, 6.45) is 3.77. The van der Waals surface area contributed by atoms with E-state index in [4.69, 9.17) is 0 Å². The van der Waals surface area contributed by atoms with Crippen LogP contribution in [-0.2, 0) is 0 Å². The maximum atomic E-state index is 10.2. The molecule has 7 aromatic rings. The molecular formula is C31H16BN5. The lowest BCUT2D eigenvalue weighted by molar-refractivity contribution is 1.17. The monoisotopic (exact) mass is 469 g/mol. The van der Waals surface area contributed by atoms with Crippen LogP contribution in [0.4, 0.5) is 0 Å². The van der Waals surface area contributed by atoms with Crippen LogP contribution in [0, 0.1) is 22.7 Å². The van der Waals surface area contributed by atoms with Gasteiger partial charge in [-0.05, 0) is 35.2 Å². The van der Waals surface area contributed by atoms with E-state index < -0.39 is 0 Å². The number of pyridine rings is 1. The Balaban J connectivity index is 1.65. The summed E-state index contributed by atoms with van der Waals surface area (Å²) in [6.45, 7) is -0.228. The minimum absolute atomic E-state index is 0.228. The second-order valence-electron chi connectivity index (χ2n) is 9.43. The molecule has 0 atom stereocenters. The molecule has 0 saturated heterocycles. The Bertz CT molecular complexity index is 2120. The average Bonchev–Trinajstić information content (AvgIpc) is 3.48. The largest absolute Gasteiger partial charge is 0.374 e. The van der Waals surface area contributed by atoms with Crippen LogP contribution >= 0.6 is 0 Å². The van der Waals surface area contributed by atoms with Crippen molar-refractivity contribution in [2.24, 2.45) is 0 Å². The van der Waals surface area contributed by atoms with Gasteiger partial charge in [0, 0.05) is 39.6 Å². The van der Waals surface area contributed by atoms with Gasteiger partial charge in [0.15, 0.2) is 0 Å². The van der Waals surface area contributed by atoms with E-state index in [2.05, 4.69) is 74.7 Å². The highest BCUT2D eigenvalue weighted by Crippen LogP contribution is 2.37. The Kier molecular flexibility index (Phi) is 3.82. The predicted octanol–water partition coefficient (Wildman–Crippen LogP) is 5.00. The summed E-state index contributed by atoms with van der Waals surface area (Å²) in [7, 11) is 0. The molecule has 3 aromatic heterocycles. The normalized spacial score (nSPS) is 12.2. The Labute approximate surface area is 212 Å². The summed E-state index contributed by atoms with van der Waals surface area (Å²) >= 11 is 0. The molecule has 0 N–H and O–H groups in total. The van der Waals surface area contributed by atoms with E-state index in [0.717, 1.165) is 60.2 Å². The first kappa shape index (κ1) is 19.9. The Morgan fingerprint density at radius 1 is 0.622 bits per heavy atom. The zero-order chi connectivity index (χ0) is 24.7. The highest BCUT2D eigenvalue weighted by molar-refractivity contribution is 6.88. The van der Waals surface area contributed by atoms with Gasteiger partial charge in [-0.15, -0.1) is 0 Å². The highest BCUT2D eigenvalue weighted by atomic mass is 15.0. The lowest BCUT2D eigenvalue weighted by Crippen LogP contribution is -2.53. The van der Waals surface area contributed by atoms with Crippen LogP contribution < -0.4 is 10.9 Å². The molecule has 0 radical (unpaired) electrons. The number of hydrogen-bond donors (Lipinski definition) is 0. The second-order valence-corrected chi connectivity index (χ2v) is 9.43. The van der Waals surface area contributed by atoms with Crippen molar-refractivity contribution < 1.29 is 0 Å². The number of nitriles is 2. The molecular weight excluding hydrogens is 453 g/mol. The summed E-state index contributed by atoms with van der Waals surface area (Å²) in [5, 5.41) is 24.5. The zero-order valence-corrected chi connectivity index (χ0v) is 19.6. The van der Waals surface area contributed by atoms with E-state index in [1.807, 2.05) is 48.8 Å². The van der Waals surface area contributed by atoms with E-state index in [-0.39, 0.29) is 6.85 Å². The van der Waals surface area contributed by atoms with Crippen molar-refractivity contribution >= 4 is 61.4 Å². The molecule has 0 unspecified atom stereocenters. The molecule has 0 bridgehead atoms. The van der Waals surface area contributed by atoms with Gasteiger partial charge in [0.2, 0.25) is 0 Å². The molecule has 8 rings (SSSR count). The fourth-order valence-electron chi connectivity index (χ4n) is 6.37. The summed E-state index contributed by atoms with van der Waals surface area (Å²) in [6, 6.07) is 33.4. The smallest absolute Gasteiger partial charge is 0.332 e. The van der Waals surface area contributed by atoms with E-state index in [9.17, 15) is 10.5 Å². The predicted molar refractivity (Wildman–Crippen MR) is 148 cm³/mol. The van der Waals surface area contributed by atoms with Gasteiger partial charge in [-0.1, -0.05) is 60.7 Å². The first-order valence-corrected chi connectivity index (χ1v) is 12.1. The van der Waals surface area contributed by atoms with Crippen LogP contribution in [0.5, 0.6) is 0 Å². The molecule has 1 aliphatic rings. The fourth-order valence-corrected chi connectivity index (χ4v) is 6.37. The van der Waals surface area contributed by atoms with Gasteiger partial charge in [-0.3, -0.25) is 4.98 Å². The van der Waals surface area contributed by atoms with Crippen LogP contribution in [0.25, 0.3) is 49.3 Å². The summed E-state index contributed by atoms with van der Waals surface area (Å²) in [4.78, 5) is 4.42. The van der Waals surface area contributed by atoms with Gasteiger partial charge in [0.1, 0.15) is 12.1 Å². The molecule has 0 saturated carbocycles. The molecule has 6 heteroatoms. The topological polar surface area (TPSA) is 70.3 Å². The van der Waals surface area contributed by atoms with E-state index >= 15 is 0 Å². The van der Waals surface area contributed by atoms with Crippen LogP contribution in [0.2, 0.25) is 0 Å². The van der Waals surface area contributed by atoms with Gasteiger partial charge in [0.05, 0.1) is 33.2 Å². The number of hydrogen-bond acceptors (Lipinski definition) is 3. The van der Waals surface area contributed by atoms with Crippen molar-refractivity contribution in [1.29, 1.82) is 10.5 Å². The van der Waals surface area contributed by atoms with E-state index in [1.165, 1.54) is 0 Å². The number of nitrogens with zero attached hydrogens (tertiary/aromatic N) is 5. The van der Waals surface area contributed by atoms with Crippen molar-refractivity contribution in [2.45, 2.75) is 0 Å². The number of benzene rings is 4. The second kappa shape index (κ2) is 7.10. The Hall–Kier alpha value is -5.33. The molecule has 4 aromatic carbocycles. The Morgan fingerprint density at radius 2 is 1.24 bits per heavy atom. The van der Waals surface area contributed by atoms with Crippen molar-refractivity contribution in [2.75, 3.05) is 0 Å². The van der Waals surface area contributed by atoms with Gasteiger partial charge in [-0.2, -0.15) is 10.5 Å². The molecule has 4 heterocycles. The molecule has 168 valence electrons. The number of fused-ring (bicyclic) bond motifs is 8. The highest BCUT2D eigenvalue weighted by Gasteiger charge is 2.36. The van der Waals surface area contributed by atoms with Crippen LogP contribution in [0.15, 0.2) is 97.3 Å². The van der Waals surface area contributed by atoms with Crippen LogP contribution in [-0.4, -0.2) is 20.9 Å². The zero-order valence-electron chi connectivity index (χ0n) is 19.6. The van der Waals surface area contributed by atoms with Gasteiger partial charge in [0.25, 0.3) is 0 Å². The van der Waals surface area contributed by atoms with E-state index in [1.54, 1.807) is 0 Å². The first-order chi connectivity index (χ1) is 18.3. The lowest BCUT2D eigenvalue weighted by atomic mass is 9.48. The maximum Gasteiger partial charge on any atom is 0.332 e. The first-order valence-electron chi connectivity index (χ1n) is 12.1. The van der Waals surface area contributed by atoms with Crippen molar-refractivity contribution in [3.63, 3.8) is 0 Å². The molecule has 5 nitrogen and oxygen atoms in total. The standard InChI is InChI=1S/C31H16BN5/c33-16-19-6-3-8-21-22-9-4-7-20(17-34)30(22)37(29(19)21)32-25-11-1-2-13-28(25)36-27-14-15-35-18-24(27)23-10-5-12-26(32)31(23)36/h1-15,18H. The summed E-state index contributed by atoms with van der Waals surface area (Å²) in [5.74, 6) is 0. The van der Waals surface area contributed by atoms with Crippen LogP contribution in [0.1, 0.15) is 11.1 Å². The van der Waals surface area contributed by atoms with Crippen molar-refractivity contribution in [3.05, 3.63) is 108 Å². The molecule has 1 aliphatic heterocycles. The SMILES string of the molecule is N#Cc1cccc2c3cccc(C#N)c3n(B3c4ccccc4-n4c5ccncc5c5cccc3c54)c12. The van der Waals surface area contributed by atoms with Gasteiger partial charge in [-0.25, -0.2) is 0 Å². The number of para-hydroxylation sites is 4. The third-order valence-electron chi connectivity index (χ3n) is 7.73. The summed E-state index contributed by atoms with van der Waals surface area (Å²) < 4.78 is 4.56. The summed E-state index contributed by atoms with van der Waals surface area (Å²) in [5.41, 5.74) is 8.49. The van der Waals surface area contributed by atoms with Gasteiger partial charge >= 0.3 is 6.85 Å². The number of rotatable bonds is 1. The average molecular weight is 469 g/mol. The fraction of sp³-hybridized carbons (Fsp3) is 0. The van der Waals surface area contributed by atoms with Crippen molar-refractivity contribution in [3.8, 4) is 17.8 Å². The third kappa shape index (κ3) is 2.39. The third-order valence-corrected chi connectivity index (χ3v) is 7.73. The minimum Gasteiger partial charge on any atom is -0.374 e. The van der Waals surface area contributed by atoms with Gasteiger partial charge < -0.3 is 9.05 Å². The molecule has 0 spiro atoms. The number of aromatic nitrogens is 3. The minimum atomic E-state index is -0.228. The van der Waals surface area contributed by atoms with Crippen LogP contribution in [0.3, 0.4) is 0 Å². The van der Waals surface area contributed by atoms with E-state index in [0.29, 0.717) is 11.1 Å². The molecule has 0 aliphatic carbocycles. The quantitative estimate of drug-likeness (QED) is 0.318. The maximum absolute atomic E-state index is 10.2. The Morgan fingerprint density at radius 3 is 1.95 bits per heavy atom. The molecule has 37 heavy (non-hydrogen) atoms. The molecule has 0 amide bonds. The van der Waals surface area contributed by atoms with Crippen molar-refractivity contribution in [1.82, 2.24) is 14.0 Å². The molecule has 0 fully saturated rings. The lowest BCUT2D eigenvalue weighted by Gasteiger charge is -2.28.